The number of carbonyl (C=O) groups excluding carboxylic acids is 1. The monoisotopic (exact) mass is 422 g/mol. The molecule has 0 spiro atoms. The average molecular weight is 423 g/mol. The summed E-state index contributed by atoms with van der Waals surface area (Å²) < 4.78 is 2.58. The highest BCUT2D eigenvalue weighted by atomic mass is 32.2. The van der Waals surface area contributed by atoms with E-state index in [1.54, 1.807) is 0 Å². The predicted octanol–water partition coefficient (Wildman–Crippen LogP) is 3.52. The number of hydrogen-bond donors (Lipinski definition) is 2. The number of piperazine rings is 1. The lowest BCUT2D eigenvalue weighted by molar-refractivity contribution is -0.117. The number of carbonyl (C=O) groups is 1. The van der Waals surface area contributed by atoms with Crippen LogP contribution in [0.15, 0.2) is 18.3 Å². The Morgan fingerprint density at radius 3 is 2.73 bits per heavy atom. The van der Waals surface area contributed by atoms with Crippen molar-refractivity contribution in [2.24, 2.45) is 11.3 Å². The number of hydrogen-bond acceptors (Lipinski definition) is 6. The lowest BCUT2D eigenvalue weighted by Gasteiger charge is -2.41. The molecule has 2 aliphatic carbocycles. The minimum Gasteiger partial charge on any atom is -0.368 e. The van der Waals surface area contributed by atoms with E-state index in [4.69, 9.17) is 0 Å². The van der Waals surface area contributed by atoms with Gasteiger partial charge in [-0.2, -0.15) is 5.26 Å². The first-order chi connectivity index (χ1) is 14.6. The molecule has 2 aromatic rings. The second-order valence-electron chi connectivity index (χ2n) is 9.35. The van der Waals surface area contributed by atoms with Gasteiger partial charge in [0.2, 0.25) is 5.91 Å². The molecule has 4 aliphatic rings. The summed E-state index contributed by atoms with van der Waals surface area (Å²) in [6.07, 6.45) is 8.43. The van der Waals surface area contributed by atoms with Crippen molar-refractivity contribution >= 4 is 40.4 Å². The van der Waals surface area contributed by atoms with E-state index < -0.39 is 0 Å². The second kappa shape index (κ2) is 6.89. The molecule has 2 saturated carbocycles. The molecule has 30 heavy (non-hydrogen) atoms. The van der Waals surface area contributed by atoms with Gasteiger partial charge in [-0.1, -0.05) is 11.9 Å². The average Bonchev–Trinajstić information content (AvgIpc) is 3.67. The van der Waals surface area contributed by atoms with Gasteiger partial charge in [-0.3, -0.25) is 4.79 Å². The molecule has 156 valence electrons. The number of H-pyrrole nitrogens is 1. The van der Waals surface area contributed by atoms with Crippen molar-refractivity contribution in [3.8, 4) is 6.07 Å². The molecule has 2 bridgehead atoms. The summed E-state index contributed by atoms with van der Waals surface area (Å²) in [5.74, 6) is 1.83. The van der Waals surface area contributed by atoms with E-state index in [2.05, 4.69) is 36.6 Å². The fourth-order valence-corrected chi connectivity index (χ4v) is 6.34. The zero-order chi connectivity index (χ0) is 20.3. The van der Waals surface area contributed by atoms with Crippen LogP contribution in [0, 0.1) is 22.7 Å². The van der Waals surface area contributed by atoms with Crippen molar-refractivity contribution in [2.45, 2.75) is 50.6 Å². The van der Waals surface area contributed by atoms with Crippen LogP contribution in [0.5, 0.6) is 0 Å². The molecule has 2 N–H and O–H groups in total. The normalized spacial score (nSPS) is 27.2. The molecule has 2 saturated heterocycles. The molecule has 0 aromatic carbocycles. The molecule has 2 atom stereocenters. The molecule has 8 heteroatoms. The molecule has 4 fully saturated rings. The van der Waals surface area contributed by atoms with E-state index in [-0.39, 0.29) is 17.2 Å². The van der Waals surface area contributed by atoms with E-state index in [0.29, 0.717) is 17.9 Å². The molecular weight excluding hydrogens is 396 g/mol. The quantitative estimate of drug-likeness (QED) is 0.693. The SMILES string of the molecule is N#CC1(CSN2C3CCC2CN(c2cc(NC(=O)C4CC4)nc4[nH]ccc24)C3)CC1. The van der Waals surface area contributed by atoms with E-state index in [1.165, 1.54) is 12.8 Å². The number of fused-ring (bicyclic) bond motifs is 3. The van der Waals surface area contributed by atoms with Gasteiger partial charge in [0.25, 0.3) is 0 Å². The van der Waals surface area contributed by atoms with Crippen LogP contribution < -0.4 is 10.2 Å². The van der Waals surface area contributed by atoms with Crippen LogP contribution in [0.2, 0.25) is 0 Å². The van der Waals surface area contributed by atoms with Gasteiger partial charge in [-0.25, -0.2) is 9.29 Å². The van der Waals surface area contributed by atoms with Gasteiger partial charge in [0, 0.05) is 54.5 Å². The molecule has 2 unspecified atom stereocenters. The largest absolute Gasteiger partial charge is 0.368 e. The summed E-state index contributed by atoms with van der Waals surface area (Å²) in [6.45, 7) is 1.95. The molecule has 0 radical (unpaired) electrons. The van der Waals surface area contributed by atoms with Crippen molar-refractivity contribution in [3.05, 3.63) is 18.3 Å². The standard InChI is InChI=1S/C22H26N6OS/c23-12-22(6-7-22)13-30-28-15-3-4-16(28)11-27(10-15)18-9-19(26-21(29)14-1-2-14)25-20-17(18)5-8-24-20/h5,8-9,14-16H,1-4,6-7,10-11,13H2,(H2,24,25,26,29). The van der Waals surface area contributed by atoms with Gasteiger partial charge >= 0.3 is 0 Å². The highest BCUT2D eigenvalue weighted by molar-refractivity contribution is 7.97. The van der Waals surface area contributed by atoms with Crippen LogP contribution in [0.4, 0.5) is 11.5 Å². The fraction of sp³-hybridized carbons (Fsp3) is 0.591. The first-order valence-corrected chi connectivity index (χ1v) is 11.9. The number of nitriles is 1. The Kier molecular flexibility index (Phi) is 4.26. The van der Waals surface area contributed by atoms with Crippen molar-refractivity contribution in [3.63, 3.8) is 0 Å². The Balaban J connectivity index is 1.22. The zero-order valence-electron chi connectivity index (χ0n) is 16.9. The number of aromatic nitrogens is 2. The maximum atomic E-state index is 12.3. The van der Waals surface area contributed by atoms with Crippen LogP contribution in [-0.4, -0.2) is 51.1 Å². The molecule has 2 aromatic heterocycles. The molecule has 6 rings (SSSR count). The lowest BCUT2D eigenvalue weighted by atomic mass is 10.1. The number of anilines is 2. The van der Waals surface area contributed by atoms with Crippen LogP contribution in [-0.2, 0) is 4.79 Å². The van der Waals surface area contributed by atoms with Gasteiger partial charge in [-0.05, 0) is 44.6 Å². The smallest absolute Gasteiger partial charge is 0.228 e. The number of aromatic amines is 1. The first-order valence-electron chi connectivity index (χ1n) is 11.0. The third-order valence-electron chi connectivity index (χ3n) is 7.04. The van der Waals surface area contributed by atoms with Crippen LogP contribution >= 0.6 is 11.9 Å². The highest BCUT2D eigenvalue weighted by Crippen LogP contribution is 2.49. The molecular formula is C22H26N6OS. The Bertz CT molecular complexity index is 1020. The summed E-state index contributed by atoms with van der Waals surface area (Å²) in [4.78, 5) is 22.6. The van der Waals surface area contributed by atoms with Crippen molar-refractivity contribution in [2.75, 3.05) is 29.1 Å². The third-order valence-corrected chi connectivity index (χ3v) is 8.62. The third kappa shape index (κ3) is 3.25. The lowest BCUT2D eigenvalue weighted by Crippen LogP contribution is -2.51. The minimum atomic E-state index is -0.0572. The van der Waals surface area contributed by atoms with E-state index in [9.17, 15) is 10.1 Å². The van der Waals surface area contributed by atoms with Crippen LogP contribution in [0.1, 0.15) is 38.5 Å². The predicted molar refractivity (Wildman–Crippen MR) is 118 cm³/mol. The maximum Gasteiger partial charge on any atom is 0.228 e. The van der Waals surface area contributed by atoms with Gasteiger partial charge in [0.05, 0.1) is 17.2 Å². The number of amides is 1. The van der Waals surface area contributed by atoms with Crippen molar-refractivity contribution in [1.82, 2.24) is 14.3 Å². The van der Waals surface area contributed by atoms with Gasteiger partial charge in [-0.15, -0.1) is 0 Å². The molecule has 7 nitrogen and oxygen atoms in total. The van der Waals surface area contributed by atoms with Crippen molar-refractivity contribution < 1.29 is 4.79 Å². The van der Waals surface area contributed by atoms with E-state index in [0.717, 1.165) is 61.2 Å². The summed E-state index contributed by atoms with van der Waals surface area (Å²) in [6, 6.07) is 7.67. The Morgan fingerprint density at radius 1 is 1.30 bits per heavy atom. The number of rotatable bonds is 6. The Hall–Kier alpha value is -2.24. The number of nitrogens with one attached hydrogen (secondary N) is 2. The second-order valence-corrected chi connectivity index (χ2v) is 10.3. The molecule has 2 aliphatic heterocycles. The fourth-order valence-electron chi connectivity index (χ4n) is 4.83. The Morgan fingerprint density at radius 2 is 2.07 bits per heavy atom. The maximum absolute atomic E-state index is 12.3. The van der Waals surface area contributed by atoms with Gasteiger partial charge in [0.1, 0.15) is 11.5 Å². The Labute approximate surface area is 180 Å². The van der Waals surface area contributed by atoms with Crippen LogP contribution in [0.25, 0.3) is 11.0 Å². The van der Waals surface area contributed by atoms with E-state index in [1.807, 2.05) is 24.2 Å². The number of nitrogens with zero attached hydrogens (tertiary/aromatic N) is 4. The van der Waals surface area contributed by atoms with Crippen molar-refractivity contribution in [1.29, 1.82) is 5.26 Å². The van der Waals surface area contributed by atoms with E-state index >= 15 is 0 Å². The zero-order valence-corrected chi connectivity index (χ0v) is 17.7. The summed E-state index contributed by atoms with van der Waals surface area (Å²) in [5.41, 5.74) is 1.93. The highest BCUT2D eigenvalue weighted by Gasteiger charge is 2.46. The molecule has 1 amide bonds. The first kappa shape index (κ1) is 18.5. The van der Waals surface area contributed by atoms with Gasteiger partial charge in [0.15, 0.2) is 0 Å². The van der Waals surface area contributed by atoms with Crippen LogP contribution in [0.3, 0.4) is 0 Å². The minimum absolute atomic E-state index is 0.0572. The number of pyridine rings is 1. The summed E-state index contributed by atoms with van der Waals surface area (Å²) in [7, 11) is 0. The molecule has 4 heterocycles. The summed E-state index contributed by atoms with van der Waals surface area (Å²) in [5, 5.41) is 13.5. The van der Waals surface area contributed by atoms with Gasteiger partial charge < -0.3 is 15.2 Å². The topological polar surface area (TPSA) is 88.1 Å². The summed E-state index contributed by atoms with van der Waals surface area (Å²) >= 11 is 1.90.